The van der Waals surface area contributed by atoms with Crippen LogP contribution in [-0.2, 0) is 84.8 Å². The van der Waals surface area contributed by atoms with Crippen LogP contribution in [-0.4, -0.2) is 52.6 Å². The maximum Gasteiger partial charge on any atom is 3.00 e. The van der Waals surface area contributed by atoms with Gasteiger partial charge in [-0.05, 0) is 0 Å². The Morgan fingerprint density at radius 3 is 0.450 bits per heavy atom. The number of halogens is 2. The first-order valence-electron chi connectivity index (χ1n) is 2.00. The van der Waals surface area contributed by atoms with Gasteiger partial charge in [0.05, 0.1) is 0 Å². The van der Waals surface area contributed by atoms with Gasteiger partial charge in [-0.2, -0.15) is 0 Å². The van der Waals surface area contributed by atoms with Gasteiger partial charge in [-0.3, -0.25) is 25.3 Å². The zero-order valence-corrected chi connectivity index (χ0v) is 17.4. The smallest absolute Gasteiger partial charge is 1.00 e. The van der Waals surface area contributed by atoms with Crippen molar-refractivity contribution in [3.63, 3.8) is 0 Å². The first-order chi connectivity index (χ1) is 6.00. The Bertz CT molecular complexity index is 356. The molecule has 122 valence electrons. The van der Waals surface area contributed by atoms with Crippen molar-refractivity contribution in [3.05, 3.63) is 0 Å². The monoisotopic (exact) mass is 534 g/mol. The molecule has 12 nitrogen and oxygen atoms in total. The summed E-state index contributed by atoms with van der Waals surface area (Å²) in [5, 5.41) is 0. The van der Waals surface area contributed by atoms with Gasteiger partial charge in [-0.15, -0.1) is 0 Å². The van der Waals surface area contributed by atoms with Gasteiger partial charge in [0, 0.05) is 31.2 Å². The fourth-order valence-electron chi connectivity index (χ4n) is 0. The summed E-state index contributed by atoms with van der Waals surface area (Å²) in [4.78, 5) is 0. The maximum atomic E-state index is 8.52. The van der Waals surface area contributed by atoms with E-state index in [0.29, 0.717) is 0 Å². The molecule has 0 aromatic carbocycles. The normalized spacial score (nSPS) is 8.70. The summed E-state index contributed by atoms with van der Waals surface area (Å²) in [6, 6.07) is 0. The Morgan fingerprint density at radius 2 is 0.450 bits per heavy atom. The van der Waals surface area contributed by atoms with E-state index in [1.165, 1.54) is 0 Å². The second kappa shape index (κ2) is 20.9. The molecule has 20 heavy (non-hydrogen) atoms. The zero-order valence-electron chi connectivity index (χ0n) is 8.29. The van der Waals surface area contributed by atoms with Crippen LogP contribution in [0.5, 0.6) is 0 Å². The predicted molar refractivity (Wildman–Crippen MR) is 31.4 cm³/mol. The molecule has 0 aliphatic carbocycles. The van der Waals surface area contributed by atoms with Crippen molar-refractivity contribution in [2.24, 2.45) is 0 Å². The second-order valence-electron chi connectivity index (χ2n) is 1.22. The van der Waals surface area contributed by atoms with Crippen LogP contribution in [0.15, 0.2) is 0 Å². The second-order valence-corrected chi connectivity index (χ2v) is 3.67. The molecule has 0 amide bonds. The van der Waals surface area contributed by atoms with Crippen molar-refractivity contribution >= 4 is 31.2 Å². The van der Waals surface area contributed by atoms with Gasteiger partial charge in [0.25, 0.3) is 0 Å². The van der Waals surface area contributed by atoms with Crippen molar-refractivity contribution < 1.29 is 131 Å². The summed E-state index contributed by atoms with van der Waals surface area (Å²) in [6.45, 7) is 0. The molecule has 2 radical (unpaired) electrons. The molecule has 0 fully saturated rings. The quantitative estimate of drug-likeness (QED) is 0.159. The molecular formula is Cl2Fe2O12S3Zn. The van der Waals surface area contributed by atoms with Crippen LogP contribution in [0.2, 0.25) is 0 Å². The van der Waals surface area contributed by atoms with E-state index in [9.17, 15) is 0 Å². The third kappa shape index (κ3) is 2060. The predicted octanol–water partition coefficient (Wildman–Crippen LogP) is -10.0. The van der Waals surface area contributed by atoms with Crippen molar-refractivity contribution in [3.8, 4) is 0 Å². The Labute approximate surface area is 161 Å². The van der Waals surface area contributed by atoms with E-state index in [4.69, 9.17) is 52.6 Å². The van der Waals surface area contributed by atoms with Gasteiger partial charge in [0.1, 0.15) is 0 Å². The largest absolute Gasteiger partial charge is 3.00 e. The van der Waals surface area contributed by atoms with E-state index in [1.807, 2.05) is 0 Å². The summed E-state index contributed by atoms with van der Waals surface area (Å²) in [5.41, 5.74) is 0. The van der Waals surface area contributed by atoms with Crippen LogP contribution in [0.4, 0.5) is 0 Å². The van der Waals surface area contributed by atoms with Crippen molar-refractivity contribution in [2.75, 3.05) is 0 Å². The summed E-state index contributed by atoms with van der Waals surface area (Å²) >= 11 is 0. The molecule has 0 aliphatic heterocycles. The summed E-state index contributed by atoms with van der Waals surface area (Å²) in [7, 11) is -15.5. The minimum atomic E-state index is -5.17. The molecule has 20 heteroatoms. The summed E-state index contributed by atoms with van der Waals surface area (Å²) < 4.78 is 102. The molecule has 0 saturated heterocycles. The SMILES string of the molecule is O=S(=O)([O-])[O-].O=S(=O)([O-])[O-].O=S(=O)([O-])[O-].[Cl-].[Cl-].[Fe+3].[Fe+3].[Zn+2]. The molecule has 0 heterocycles. The molecular weight excluding hydrogens is 536 g/mol. The van der Waals surface area contributed by atoms with Crippen LogP contribution < -0.4 is 24.8 Å². The molecule has 0 aliphatic rings. The fraction of sp³-hybridized carbons (Fsp3) is 0. The van der Waals surface area contributed by atoms with Crippen LogP contribution in [0, 0.1) is 0 Å². The van der Waals surface area contributed by atoms with Crippen molar-refractivity contribution in [2.45, 2.75) is 0 Å². The van der Waals surface area contributed by atoms with E-state index in [1.54, 1.807) is 0 Å². The molecule has 0 rings (SSSR count). The van der Waals surface area contributed by atoms with E-state index < -0.39 is 31.2 Å². The summed E-state index contributed by atoms with van der Waals surface area (Å²) in [5.74, 6) is 0. The average Bonchev–Trinajstić information content (AvgIpc) is 1.41. The molecule has 0 unspecified atom stereocenters. The molecule has 0 aromatic rings. The number of rotatable bonds is 0. The fourth-order valence-corrected chi connectivity index (χ4v) is 0. The maximum absolute atomic E-state index is 8.52. The van der Waals surface area contributed by atoms with Crippen molar-refractivity contribution in [1.29, 1.82) is 0 Å². The Hall–Kier alpha value is 1.85. The van der Waals surface area contributed by atoms with E-state index in [2.05, 4.69) is 0 Å². The van der Waals surface area contributed by atoms with Crippen LogP contribution in [0.25, 0.3) is 0 Å². The van der Waals surface area contributed by atoms with E-state index in [0.717, 1.165) is 0 Å². The standard InChI is InChI=1S/2ClH.2Fe.3H2O4S.Zn/c;;;;3*1-5(2,3)4;/h2*1H;;;3*(H2,1,2,3,4);/q;;2*+3;;;;+2/p-8. The van der Waals surface area contributed by atoms with Gasteiger partial charge in [0.15, 0.2) is 0 Å². The Balaban J connectivity index is -0.0000000160. The molecule has 0 N–H and O–H groups in total. The number of hydrogen-bond donors (Lipinski definition) is 0. The molecule has 0 bridgehead atoms. The minimum Gasteiger partial charge on any atom is -1.00 e. The van der Waals surface area contributed by atoms with Crippen LogP contribution in [0.1, 0.15) is 0 Å². The Morgan fingerprint density at radius 1 is 0.450 bits per heavy atom. The molecule has 0 atom stereocenters. The average molecular weight is 536 g/mol. The first kappa shape index (κ1) is 49.5. The number of hydrogen-bond acceptors (Lipinski definition) is 12. The first-order valence-corrected chi connectivity index (χ1v) is 6.00. The summed E-state index contributed by atoms with van der Waals surface area (Å²) in [6.07, 6.45) is 0. The van der Waals surface area contributed by atoms with E-state index in [-0.39, 0.29) is 78.4 Å². The van der Waals surface area contributed by atoms with Gasteiger partial charge in [-0.1, -0.05) is 0 Å². The van der Waals surface area contributed by atoms with Gasteiger partial charge in [0.2, 0.25) is 0 Å². The minimum absolute atomic E-state index is 0. The third-order valence-electron chi connectivity index (χ3n) is 0. The third-order valence-corrected chi connectivity index (χ3v) is 0. The van der Waals surface area contributed by atoms with E-state index >= 15 is 0 Å². The molecule has 0 saturated carbocycles. The van der Waals surface area contributed by atoms with Crippen LogP contribution >= 0.6 is 0 Å². The van der Waals surface area contributed by atoms with Crippen LogP contribution in [0.3, 0.4) is 0 Å². The molecule has 0 spiro atoms. The Kier molecular flexibility index (Phi) is 51.6. The topological polar surface area (TPSA) is 241 Å². The van der Waals surface area contributed by atoms with Gasteiger partial charge >= 0.3 is 53.6 Å². The van der Waals surface area contributed by atoms with Crippen molar-refractivity contribution in [1.82, 2.24) is 0 Å². The van der Waals surface area contributed by atoms with Gasteiger partial charge in [-0.25, -0.2) is 0 Å². The zero-order chi connectivity index (χ0) is 13.5. The van der Waals surface area contributed by atoms with Gasteiger partial charge < -0.3 is 52.1 Å². The molecule has 0 aromatic heterocycles.